The highest BCUT2D eigenvalue weighted by Crippen LogP contribution is 2.27. The lowest BCUT2D eigenvalue weighted by Crippen LogP contribution is -2.41. The predicted octanol–water partition coefficient (Wildman–Crippen LogP) is 1.00. The first-order valence-corrected chi connectivity index (χ1v) is 8.62. The number of nitrogens with zero attached hydrogens (tertiary/aromatic N) is 4. The summed E-state index contributed by atoms with van der Waals surface area (Å²) >= 11 is 0. The van der Waals surface area contributed by atoms with E-state index >= 15 is 0 Å². The number of carboxylic acids is 1. The maximum absolute atomic E-state index is 12.8. The summed E-state index contributed by atoms with van der Waals surface area (Å²) in [7, 11) is -3.87. The molecule has 0 amide bonds. The van der Waals surface area contributed by atoms with E-state index in [4.69, 9.17) is 0 Å². The highest BCUT2D eigenvalue weighted by atomic mass is 32.2. The highest BCUT2D eigenvalue weighted by molar-refractivity contribution is 7.89. The van der Waals surface area contributed by atoms with Gasteiger partial charge in [0.05, 0.1) is 22.7 Å². The monoisotopic (exact) mass is 336 g/mol. The first-order valence-electron chi connectivity index (χ1n) is 7.18. The number of benzene rings is 1. The molecular formula is C14H16N4O4S. The Bertz CT molecular complexity index is 804. The van der Waals surface area contributed by atoms with Crippen LogP contribution in [0.4, 0.5) is 0 Å². The molecule has 1 atom stereocenters. The summed E-state index contributed by atoms with van der Waals surface area (Å²) in [4.78, 5) is 11.1. The van der Waals surface area contributed by atoms with Crippen LogP contribution in [0.5, 0.6) is 0 Å². The third-order valence-corrected chi connectivity index (χ3v) is 5.83. The number of piperidine rings is 1. The molecule has 1 aliphatic rings. The molecule has 0 saturated carbocycles. The van der Waals surface area contributed by atoms with Crippen molar-refractivity contribution in [2.24, 2.45) is 0 Å². The fraction of sp³-hybridized carbons (Fsp3) is 0.357. The van der Waals surface area contributed by atoms with Crippen molar-refractivity contribution in [2.75, 3.05) is 13.1 Å². The normalized spacial score (nSPS) is 19.6. The molecule has 1 fully saturated rings. The lowest BCUT2D eigenvalue weighted by molar-refractivity contribution is 0.0692. The molecule has 0 bridgehead atoms. The Balaban J connectivity index is 1.92. The van der Waals surface area contributed by atoms with E-state index in [9.17, 15) is 18.3 Å². The second kappa shape index (κ2) is 6.09. The van der Waals surface area contributed by atoms with Crippen LogP contribution in [0, 0.1) is 0 Å². The van der Waals surface area contributed by atoms with Gasteiger partial charge >= 0.3 is 5.97 Å². The van der Waals surface area contributed by atoms with Crippen molar-refractivity contribution < 1.29 is 18.3 Å². The summed E-state index contributed by atoms with van der Waals surface area (Å²) in [6, 6.07) is 5.57. The van der Waals surface area contributed by atoms with E-state index < -0.39 is 16.0 Å². The molecule has 1 saturated heterocycles. The Morgan fingerprint density at radius 2 is 2.09 bits per heavy atom. The molecule has 122 valence electrons. The zero-order valence-corrected chi connectivity index (χ0v) is 13.1. The van der Waals surface area contributed by atoms with Crippen LogP contribution in [-0.4, -0.2) is 51.9 Å². The van der Waals surface area contributed by atoms with Crippen molar-refractivity contribution in [1.82, 2.24) is 19.3 Å². The smallest absolute Gasteiger partial charge is 0.337 e. The molecule has 1 N–H and O–H groups in total. The first kappa shape index (κ1) is 15.6. The summed E-state index contributed by atoms with van der Waals surface area (Å²) in [6.45, 7) is 0.612. The van der Waals surface area contributed by atoms with Gasteiger partial charge in [-0.1, -0.05) is 17.3 Å². The van der Waals surface area contributed by atoms with E-state index in [0.717, 1.165) is 6.42 Å². The second-order valence-electron chi connectivity index (χ2n) is 5.34. The van der Waals surface area contributed by atoms with Crippen molar-refractivity contribution in [3.8, 4) is 0 Å². The molecule has 0 aliphatic carbocycles. The molecule has 1 aromatic heterocycles. The number of rotatable bonds is 4. The number of hydrogen-bond acceptors (Lipinski definition) is 5. The van der Waals surface area contributed by atoms with Gasteiger partial charge in [-0.05, 0) is 25.0 Å². The van der Waals surface area contributed by atoms with Crippen molar-refractivity contribution in [3.63, 3.8) is 0 Å². The van der Waals surface area contributed by atoms with Crippen molar-refractivity contribution in [1.29, 1.82) is 0 Å². The van der Waals surface area contributed by atoms with Crippen molar-refractivity contribution in [2.45, 2.75) is 23.8 Å². The molecule has 2 aromatic rings. The van der Waals surface area contributed by atoms with E-state index in [-0.39, 0.29) is 23.0 Å². The number of carbonyl (C=O) groups is 1. The van der Waals surface area contributed by atoms with Crippen LogP contribution in [0.15, 0.2) is 41.6 Å². The SMILES string of the molecule is O=C(O)c1ccccc1S(=O)(=O)N1CCCC(n2ccnn2)C1. The maximum Gasteiger partial charge on any atom is 0.337 e. The topological polar surface area (TPSA) is 105 Å². The average Bonchev–Trinajstić information content (AvgIpc) is 3.09. The Hall–Kier alpha value is -2.26. The third-order valence-electron chi connectivity index (χ3n) is 3.91. The Labute approximate surface area is 133 Å². The number of sulfonamides is 1. The number of aromatic nitrogens is 3. The molecule has 2 heterocycles. The quantitative estimate of drug-likeness (QED) is 0.893. The minimum atomic E-state index is -3.87. The van der Waals surface area contributed by atoms with E-state index in [1.54, 1.807) is 17.1 Å². The van der Waals surface area contributed by atoms with Crippen LogP contribution < -0.4 is 0 Å². The zero-order valence-electron chi connectivity index (χ0n) is 12.2. The number of aromatic carboxylic acids is 1. The molecule has 9 heteroatoms. The van der Waals surface area contributed by atoms with E-state index in [0.29, 0.717) is 13.0 Å². The van der Waals surface area contributed by atoms with Crippen LogP contribution in [0.1, 0.15) is 29.2 Å². The minimum Gasteiger partial charge on any atom is -0.478 e. The van der Waals surface area contributed by atoms with Gasteiger partial charge in [0.15, 0.2) is 0 Å². The first-order chi connectivity index (χ1) is 11.0. The summed E-state index contributed by atoms with van der Waals surface area (Å²) in [5.74, 6) is -1.26. The van der Waals surface area contributed by atoms with Gasteiger partial charge in [0.1, 0.15) is 0 Å². The fourth-order valence-electron chi connectivity index (χ4n) is 2.77. The Kier molecular flexibility index (Phi) is 4.14. The fourth-order valence-corrected chi connectivity index (χ4v) is 4.47. The Morgan fingerprint density at radius 1 is 1.30 bits per heavy atom. The van der Waals surface area contributed by atoms with E-state index in [1.807, 2.05) is 0 Å². The van der Waals surface area contributed by atoms with Crippen LogP contribution in [-0.2, 0) is 10.0 Å². The van der Waals surface area contributed by atoms with Crippen LogP contribution in [0.2, 0.25) is 0 Å². The van der Waals surface area contributed by atoms with Crippen LogP contribution in [0.25, 0.3) is 0 Å². The summed E-state index contributed by atoms with van der Waals surface area (Å²) in [6.07, 6.45) is 4.73. The van der Waals surface area contributed by atoms with Crippen molar-refractivity contribution in [3.05, 3.63) is 42.2 Å². The van der Waals surface area contributed by atoms with Crippen LogP contribution >= 0.6 is 0 Å². The molecule has 23 heavy (non-hydrogen) atoms. The molecule has 1 aliphatic heterocycles. The molecular weight excluding hydrogens is 320 g/mol. The van der Waals surface area contributed by atoms with Gasteiger partial charge in [-0.2, -0.15) is 4.31 Å². The van der Waals surface area contributed by atoms with Gasteiger partial charge in [0.2, 0.25) is 10.0 Å². The summed E-state index contributed by atoms with van der Waals surface area (Å²) < 4.78 is 28.7. The maximum atomic E-state index is 12.8. The predicted molar refractivity (Wildman–Crippen MR) is 80.5 cm³/mol. The van der Waals surface area contributed by atoms with Gasteiger partial charge in [0.25, 0.3) is 0 Å². The minimum absolute atomic E-state index is 0.0991. The molecule has 0 spiro atoms. The van der Waals surface area contributed by atoms with Crippen LogP contribution in [0.3, 0.4) is 0 Å². The van der Waals surface area contributed by atoms with Gasteiger partial charge in [-0.3, -0.25) is 0 Å². The number of carboxylic acid groups (broad SMARTS) is 1. The molecule has 0 radical (unpaired) electrons. The standard InChI is InChI=1S/C14H16N4O4S/c19-14(20)12-5-1-2-6-13(12)23(21,22)17-8-3-4-11(10-17)18-9-7-15-16-18/h1-2,5-7,9,11H,3-4,8,10H2,(H,19,20). The molecule has 1 unspecified atom stereocenters. The molecule has 1 aromatic carbocycles. The highest BCUT2D eigenvalue weighted by Gasteiger charge is 2.33. The number of hydrogen-bond donors (Lipinski definition) is 1. The third kappa shape index (κ3) is 2.97. The molecule has 8 nitrogen and oxygen atoms in total. The lowest BCUT2D eigenvalue weighted by atomic mass is 10.1. The average molecular weight is 336 g/mol. The van der Waals surface area contributed by atoms with Gasteiger partial charge in [-0.15, -0.1) is 5.10 Å². The van der Waals surface area contributed by atoms with Gasteiger partial charge in [-0.25, -0.2) is 17.9 Å². The molecule has 3 rings (SSSR count). The lowest BCUT2D eigenvalue weighted by Gasteiger charge is -2.32. The Morgan fingerprint density at radius 3 is 2.78 bits per heavy atom. The largest absolute Gasteiger partial charge is 0.478 e. The summed E-state index contributed by atoms with van der Waals surface area (Å²) in [5, 5.41) is 16.9. The van der Waals surface area contributed by atoms with Gasteiger partial charge in [0, 0.05) is 19.3 Å². The van der Waals surface area contributed by atoms with E-state index in [1.165, 1.54) is 28.6 Å². The van der Waals surface area contributed by atoms with Crippen molar-refractivity contribution >= 4 is 16.0 Å². The van der Waals surface area contributed by atoms with E-state index in [2.05, 4.69) is 10.3 Å². The zero-order chi connectivity index (χ0) is 16.4. The van der Waals surface area contributed by atoms with Gasteiger partial charge < -0.3 is 5.11 Å². The summed E-state index contributed by atoms with van der Waals surface area (Å²) in [5.41, 5.74) is -0.213. The second-order valence-corrected chi connectivity index (χ2v) is 7.25.